The number of rotatable bonds is 5. The smallest absolute Gasteiger partial charge is 0.315 e. The van der Waals surface area contributed by atoms with Gasteiger partial charge in [0.1, 0.15) is 6.04 Å². The third kappa shape index (κ3) is 5.02. The lowest BCUT2D eigenvalue weighted by Gasteiger charge is -2.24. The molecule has 1 fully saturated rings. The van der Waals surface area contributed by atoms with Gasteiger partial charge < -0.3 is 15.1 Å². The maximum atomic E-state index is 12.2. The molecule has 6 nitrogen and oxygen atoms in total. The average molecular weight is 294 g/mol. The van der Waals surface area contributed by atoms with E-state index in [0.29, 0.717) is 23.7 Å². The van der Waals surface area contributed by atoms with Crippen molar-refractivity contribution in [3.05, 3.63) is 11.8 Å². The van der Waals surface area contributed by atoms with Crippen molar-refractivity contribution in [2.24, 2.45) is 5.92 Å². The van der Waals surface area contributed by atoms with Crippen molar-refractivity contribution < 1.29 is 9.21 Å². The van der Waals surface area contributed by atoms with Gasteiger partial charge in [0.15, 0.2) is 0 Å². The van der Waals surface area contributed by atoms with Crippen LogP contribution in [0.15, 0.2) is 4.42 Å². The van der Waals surface area contributed by atoms with Gasteiger partial charge in [0, 0.05) is 13.0 Å². The lowest BCUT2D eigenvalue weighted by Crippen LogP contribution is -2.44. The number of hydrogen-bond acceptors (Lipinski definition) is 4. The van der Waals surface area contributed by atoms with Crippen LogP contribution in [0.1, 0.15) is 70.2 Å². The highest BCUT2D eigenvalue weighted by atomic mass is 16.4. The quantitative estimate of drug-likeness (QED) is 0.874. The molecule has 0 aliphatic heterocycles. The largest absolute Gasteiger partial charge is 0.423 e. The predicted octanol–water partition coefficient (Wildman–Crippen LogP) is 3.10. The summed E-state index contributed by atoms with van der Waals surface area (Å²) in [5, 5.41) is 13.9. The number of carbonyl (C=O) groups excluding carboxylic acids is 1. The fourth-order valence-electron chi connectivity index (χ4n) is 2.78. The zero-order valence-electron chi connectivity index (χ0n) is 13.2. The number of amides is 2. The molecule has 2 amide bonds. The summed E-state index contributed by atoms with van der Waals surface area (Å²) in [6.45, 7) is 5.97. The Kier molecular flexibility index (Phi) is 5.59. The summed E-state index contributed by atoms with van der Waals surface area (Å²) in [6.07, 6.45) is 6.59. The highest BCUT2D eigenvalue weighted by molar-refractivity contribution is 5.74. The molecule has 0 saturated heterocycles. The van der Waals surface area contributed by atoms with Gasteiger partial charge in [-0.05, 0) is 25.2 Å². The Hall–Kier alpha value is -1.59. The van der Waals surface area contributed by atoms with E-state index in [1.807, 2.05) is 0 Å². The molecule has 1 unspecified atom stereocenters. The third-order valence-corrected chi connectivity index (χ3v) is 3.79. The Morgan fingerprint density at radius 1 is 1.29 bits per heavy atom. The number of nitrogens with zero attached hydrogens (tertiary/aromatic N) is 2. The molecule has 0 radical (unpaired) electrons. The number of carbonyl (C=O) groups is 1. The molecule has 1 saturated carbocycles. The summed E-state index contributed by atoms with van der Waals surface area (Å²) >= 11 is 0. The van der Waals surface area contributed by atoms with E-state index in [1.165, 1.54) is 19.3 Å². The molecule has 1 atom stereocenters. The van der Waals surface area contributed by atoms with Crippen LogP contribution in [0.5, 0.6) is 0 Å². The van der Waals surface area contributed by atoms with Gasteiger partial charge in [-0.3, -0.25) is 0 Å². The highest BCUT2D eigenvalue weighted by Crippen LogP contribution is 2.21. The summed E-state index contributed by atoms with van der Waals surface area (Å²) in [6, 6.07) is -0.0685. The van der Waals surface area contributed by atoms with Gasteiger partial charge in [0.25, 0.3) is 0 Å². The van der Waals surface area contributed by atoms with Gasteiger partial charge in [-0.1, -0.05) is 33.1 Å². The summed E-state index contributed by atoms with van der Waals surface area (Å²) < 4.78 is 5.47. The van der Waals surface area contributed by atoms with Crippen molar-refractivity contribution in [2.75, 3.05) is 0 Å². The summed E-state index contributed by atoms with van der Waals surface area (Å²) in [7, 11) is 0. The molecule has 21 heavy (non-hydrogen) atoms. The minimum absolute atomic E-state index is 0.136. The van der Waals surface area contributed by atoms with Crippen LogP contribution >= 0.6 is 0 Å². The first kappa shape index (κ1) is 15.8. The summed E-state index contributed by atoms with van der Waals surface area (Å²) in [5.41, 5.74) is 0. The minimum atomic E-state index is -0.227. The lowest BCUT2D eigenvalue weighted by molar-refractivity contribution is 0.223. The van der Waals surface area contributed by atoms with Crippen molar-refractivity contribution in [1.29, 1.82) is 0 Å². The molecular weight excluding hydrogens is 268 g/mol. The minimum Gasteiger partial charge on any atom is -0.423 e. The molecule has 0 aromatic carbocycles. The normalized spacial score (nSPS) is 17.7. The van der Waals surface area contributed by atoms with E-state index in [1.54, 1.807) is 6.92 Å². The Morgan fingerprint density at radius 3 is 2.57 bits per heavy atom. The number of hydrogen-bond donors (Lipinski definition) is 2. The van der Waals surface area contributed by atoms with E-state index < -0.39 is 0 Å². The Bertz CT molecular complexity index is 452. The second kappa shape index (κ2) is 7.43. The number of aryl methyl sites for hydroxylation is 1. The van der Waals surface area contributed by atoms with Crippen molar-refractivity contribution in [1.82, 2.24) is 20.8 Å². The van der Waals surface area contributed by atoms with E-state index >= 15 is 0 Å². The van der Waals surface area contributed by atoms with Gasteiger partial charge in [0.2, 0.25) is 11.8 Å². The Morgan fingerprint density at radius 2 is 2.00 bits per heavy atom. The standard InChI is InChI=1S/C15H26N4O2/c1-10(2)9-13(14-19-18-11(3)21-14)17-15(20)16-12-7-5-4-6-8-12/h10,12-13H,4-9H2,1-3H3,(H2,16,17,20). The number of aromatic nitrogens is 2. The monoisotopic (exact) mass is 294 g/mol. The van der Waals surface area contributed by atoms with Crippen LogP contribution in [0.2, 0.25) is 0 Å². The first-order valence-electron chi connectivity index (χ1n) is 7.91. The molecule has 2 rings (SSSR count). The fraction of sp³-hybridized carbons (Fsp3) is 0.800. The topological polar surface area (TPSA) is 80.0 Å². The van der Waals surface area contributed by atoms with Gasteiger partial charge in [0.05, 0.1) is 0 Å². The average Bonchev–Trinajstić information content (AvgIpc) is 2.85. The van der Waals surface area contributed by atoms with E-state index in [0.717, 1.165) is 19.3 Å². The molecule has 1 aromatic heterocycles. The molecule has 1 aliphatic rings. The maximum absolute atomic E-state index is 12.2. The van der Waals surface area contributed by atoms with Crippen LogP contribution < -0.4 is 10.6 Å². The Balaban J connectivity index is 1.92. The Labute approximate surface area is 126 Å². The van der Waals surface area contributed by atoms with Gasteiger partial charge in [-0.15, -0.1) is 10.2 Å². The van der Waals surface area contributed by atoms with Crippen LogP contribution in [0.4, 0.5) is 4.79 Å². The van der Waals surface area contributed by atoms with Gasteiger partial charge in [-0.2, -0.15) is 0 Å². The zero-order chi connectivity index (χ0) is 15.2. The van der Waals surface area contributed by atoms with E-state index in [9.17, 15) is 4.79 Å². The van der Waals surface area contributed by atoms with Crippen LogP contribution in [0, 0.1) is 12.8 Å². The van der Waals surface area contributed by atoms with Crippen LogP contribution in [0.3, 0.4) is 0 Å². The van der Waals surface area contributed by atoms with Crippen molar-refractivity contribution in [2.45, 2.75) is 71.4 Å². The zero-order valence-corrected chi connectivity index (χ0v) is 13.2. The lowest BCUT2D eigenvalue weighted by atomic mass is 9.96. The first-order valence-corrected chi connectivity index (χ1v) is 7.91. The van der Waals surface area contributed by atoms with Crippen LogP contribution in [-0.4, -0.2) is 22.3 Å². The first-order chi connectivity index (χ1) is 10.0. The molecule has 6 heteroatoms. The summed E-state index contributed by atoms with van der Waals surface area (Å²) in [4.78, 5) is 12.2. The molecule has 2 N–H and O–H groups in total. The summed E-state index contributed by atoms with van der Waals surface area (Å²) in [5.74, 6) is 1.44. The molecule has 1 aliphatic carbocycles. The third-order valence-electron chi connectivity index (χ3n) is 3.79. The van der Waals surface area contributed by atoms with Crippen molar-refractivity contribution in [3.8, 4) is 0 Å². The molecule has 118 valence electrons. The van der Waals surface area contributed by atoms with Crippen molar-refractivity contribution in [3.63, 3.8) is 0 Å². The number of urea groups is 1. The molecule has 1 heterocycles. The number of nitrogens with one attached hydrogen (secondary N) is 2. The van der Waals surface area contributed by atoms with Crippen LogP contribution in [0.25, 0.3) is 0 Å². The molecular formula is C15H26N4O2. The highest BCUT2D eigenvalue weighted by Gasteiger charge is 2.23. The van der Waals surface area contributed by atoms with E-state index in [4.69, 9.17) is 4.42 Å². The van der Waals surface area contributed by atoms with E-state index in [2.05, 4.69) is 34.7 Å². The molecule has 0 bridgehead atoms. The molecule has 0 spiro atoms. The molecule has 1 aromatic rings. The second-order valence-corrected chi connectivity index (χ2v) is 6.29. The SMILES string of the molecule is Cc1nnc(C(CC(C)C)NC(=O)NC2CCCCC2)o1. The van der Waals surface area contributed by atoms with Crippen molar-refractivity contribution >= 4 is 6.03 Å². The van der Waals surface area contributed by atoms with Gasteiger partial charge >= 0.3 is 6.03 Å². The van der Waals surface area contributed by atoms with Crippen LogP contribution in [-0.2, 0) is 0 Å². The van der Waals surface area contributed by atoms with E-state index in [-0.39, 0.29) is 12.1 Å². The second-order valence-electron chi connectivity index (χ2n) is 6.29. The maximum Gasteiger partial charge on any atom is 0.315 e. The van der Waals surface area contributed by atoms with Gasteiger partial charge in [-0.25, -0.2) is 4.79 Å². The fourth-order valence-corrected chi connectivity index (χ4v) is 2.78. The predicted molar refractivity (Wildman–Crippen MR) is 79.8 cm³/mol.